The molecule has 9 unspecified atom stereocenters. The van der Waals surface area contributed by atoms with Gasteiger partial charge in [0.15, 0.2) is 6.29 Å². The van der Waals surface area contributed by atoms with Crippen LogP contribution >= 0.6 is 0 Å². The first-order chi connectivity index (χ1) is 29.2. The maximum absolute atomic E-state index is 13.1. The lowest BCUT2D eigenvalue weighted by atomic mass is 9.98. The first kappa shape index (κ1) is 56.6. The van der Waals surface area contributed by atoms with Gasteiger partial charge in [0.05, 0.1) is 25.4 Å². The third-order valence-electron chi connectivity index (χ3n) is 12.0. The molecule has 1 saturated heterocycles. The molecule has 0 radical (unpaired) electrons. The van der Waals surface area contributed by atoms with Crippen LogP contribution in [0.3, 0.4) is 0 Å². The number of unbranched alkanes of at least 4 members (excludes halogenated alkanes) is 25. The van der Waals surface area contributed by atoms with E-state index in [1.54, 1.807) is 0 Å². The monoisotopic (exact) mass is 856 g/mol. The normalized spacial score (nSPS) is 21.8. The van der Waals surface area contributed by atoms with Crippen LogP contribution in [0.1, 0.15) is 213 Å². The van der Waals surface area contributed by atoms with E-state index in [4.69, 9.17) is 9.47 Å². The van der Waals surface area contributed by atoms with Gasteiger partial charge < -0.3 is 50.5 Å². The van der Waals surface area contributed by atoms with E-state index in [2.05, 4.69) is 37.4 Å². The topological polar surface area (TPSA) is 189 Å². The largest absolute Gasteiger partial charge is 0.394 e. The van der Waals surface area contributed by atoms with Crippen LogP contribution < -0.4 is 5.32 Å². The van der Waals surface area contributed by atoms with Gasteiger partial charge in [0, 0.05) is 0 Å². The zero-order valence-corrected chi connectivity index (χ0v) is 38.2. The lowest BCUT2D eigenvalue weighted by Gasteiger charge is -2.40. The van der Waals surface area contributed by atoms with E-state index in [9.17, 15) is 40.5 Å². The van der Waals surface area contributed by atoms with Crippen LogP contribution in [0.25, 0.3) is 0 Å². The van der Waals surface area contributed by atoms with Crippen molar-refractivity contribution in [2.45, 2.75) is 268 Å². The molecular weight excluding hydrogens is 763 g/mol. The fourth-order valence-corrected chi connectivity index (χ4v) is 7.94. The molecule has 354 valence electrons. The Bertz CT molecular complexity index is 1030. The second kappa shape index (κ2) is 39.2. The first-order valence-corrected chi connectivity index (χ1v) is 24.7. The Labute approximate surface area is 365 Å². The average Bonchev–Trinajstić information content (AvgIpc) is 3.25. The van der Waals surface area contributed by atoms with E-state index < -0.39 is 74.2 Å². The molecule has 11 nitrogen and oxygen atoms in total. The van der Waals surface area contributed by atoms with Crippen molar-refractivity contribution in [3.63, 3.8) is 0 Å². The molecule has 0 aromatic carbocycles. The molecule has 0 saturated carbocycles. The number of allylic oxidation sites excluding steroid dienone is 4. The summed E-state index contributed by atoms with van der Waals surface area (Å²) in [5, 5.41) is 75.5. The summed E-state index contributed by atoms with van der Waals surface area (Å²) < 4.78 is 11.0. The smallest absolute Gasteiger partial charge is 0.249 e. The van der Waals surface area contributed by atoms with Crippen LogP contribution in [-0.4, -0.2) is 110 Å². The van der Waals surface area contributed by atoms with Crippen molar-refractivity contribution in [1.29, 1.82) is 0 Å². The fraction of sp³-hybridized carbons (Fsp3) is 0.898. The third kappa shape index (κ3) is 28.3. The Hall–Kier alpha value is -1.41. The minimum absolute atomic E-state index is 0.246. The number of ether oxygens (including phenoxy) is 2. The van der Waals surface area contributed by atoms with E-state index in [1.807, 2.05) is 6.08 Å². The van der Waals surface area contributed by atoms with Gasteiger partial charge in [-0.1, -0.05) is 192 Å². The van der Waals surface area contributed by atoms with Gasteiger partial charge in [-0.05, 0) is 44.9 Å². The number of hydrogen-bond acceptors (Lipinski definition) is 10. The number of carbonyl (C=O) groups excluding carboxylic acids is 1. The molecule has 1 fully saturated rings. The predicted molar refractivity (Wildman–Crippen MR) is 242 cm³/mol. The predicted octanol–water partition coefficient (Wildman–Crippen LogP) is 8.62. The van der Waals surface area contributed by atoms with Crippen molar-refractivity contribution in [3.8, 4) is 0 Å². The Balaban J connectivity index is 2.29. The van der Waals surface area contributed by atoms with Gasteiger partial charge in [0.1, 0.15) is 36.6 Å². The summed E-state index contributed by atoms with van der Waals surface area (Å²) in [6.07, 6.45) is 32.7. The summed E-state index contributed by atoms with van der Waals surface area (Å²) in [5.41, 5.74) is 0. The number of hydrogen-bond donors (Lipinski definition) is 8. The number of carbonyl (C=O) groups is 1. The van der Waals surface area contributed by atoms with Gasteiger partial charge in [0.25, 0.3) is 0 Å². The van der Waals surface area contributed by atoms with Gasteiger partial charge in [-0.2, -0.15) is 0 Å². The zero-order chi connectivity index (χ0) is 44.1. The van der Waals surface area contributed by atoms with Crippen LogP contribution in [-0.2, 0) is 14.3 Å². The first-order valence-electron chi connectivity index (χ1n) is 24.7. The molecule has 1 aliphatic rings. The number of nitrogens with one attached hydrogen (secondary N) is 1. The molecule has 1 rings (SSSR count). The lowest BCUT2D eigenvalue weighted by molar-refractivity contribution is -0.303. The van der Waals surface area contributed by atoms with Crippen LogP contribution in [0.15, 0.2) is 24.3 Å². The minimum atomic E-state index is -1.67. The van der Waals surface area contributed by atoms with E-state index in [-0.39, 0.29) is 12.8 Å². The standard InChI is InChI=1S/C49H93NO10/c1-3-5-7-9-11-13-14-15-16-17-18-19-20-21-22-23-24-25-26-27-29-31-33-35-37-42(53)48(58)50-40(39-59-49-47(57)46(56)45(55)43(38-51)60-49)44(54)41(52)36-34-32-30-28-12-10-8-6-4-2/h6,8,28,30,40-47,49,51-57H,3-5,7,9-27,29,31-39H2,1-2H3,(H,50,58)/b8-6+,30-28+. The van der Waals surface area contributed by atoms with Crippen LogP contribution in [0.2, 0.25) is 0 Å². The van der Waals surface area contributed by atoms with Crippen molar-refractivity contribution in [2.75, 3.05) is 13.2 Å². The van der Waals surface area contributed by atoms with Gasteiger partial charge in [-0.25, -0.2) is 0 Å². The van der Waals surface area contributed by atoms with E-state index >= 15 is 0 Å². The number of rotatable bonds is 41. The molecule has 60 heavy (non-hydrogen) atoms. The Morgan fingerprint density at radius 1 is 0.583 bits per heavy atom. The minimum Gasteiger partial charge on any atom is -0.394 e. The van der Waals surface area contributed by atoms with Crippen LogP contribution in [0.5, 0.6) is 0 Å². The second-order valence-electron chi connectivity index (χ2n) is 17.5. The maximum atomic E-state index is 13.1. The van der Waals surface area contributed by atoms with Crippen LogP contribution in [0, 0.1) is 0 Å². The Morgan fingerprint density at radius 2 is 1.03 bits per heavy atom. The SMILES string of the molecule is CC/C=C/CC/C=C/CCCC(O)C(O)C(COC1OC(CO)C(O)C(O)C1O)NC(=O)C(O)CCCCCCCCCCCCCCCCCCCCCCCCCC. The molecule has 1 amide bonds. The summed E-state index contributed by atoms with van der Waals surface area (Å²) >= 11 is 0. The number of aliphatic hydroxyl groups is 7. The maximum Gasteiger partial charge on any atom is 0.249 e. The van der Waals surface area contributed by atoms with Crippen LogP contribution in [0.4, 0.5) is 0 Å². The quantitative estimate of drug-likeness (QED) is 0.0218. The van der Waals surface area contributed by atoms with E-state index in [0.29, 0.717) is 19.3 Å². The van der Waals surface area contributed by atoms with Gasteiger partial charge >= 0.3 is 0 Å². The lowest BCUT2D eigenvalue weighted by Crippen LogP contribution is -2.60. The van der Waals surface area contributed by atoms with Gasteiger partial charge in [-0.15, -0.1) is 0 Å². The van der Waals surface area contributed by atoms with Crippen molar-refractivity contribution in [1.82, 2.24) is 5.32 Å². The highest BCUT2D eigenvalue weighted by Gasteiger charge is 2.44. The number of aliphatic hydroxyl groups excluding tert-OH is 7. The highest BCUT2D eigenvalue weighted by atomic mass is 16.7. The Morgan fingerprint density at radius 3 is 1.50 bits per heavy atom. The summed E-state index contributed by atoms with van der Waals surface area (Å²) in [6.45, 7) is 3.30. The summed E-state index contributed by atoms with van der Waals surface area (Å²) in [5.74, 6) is -0.710. The molecule has 0 aromatic rings. The molecule has 11 heteroatoms. The van der Waals surface area contributed by atoms with E-state index in [1.165, 1.54) is 128 Å². The van der Waals surface area contributed by atoms with Gasteiger partial charge in [-0.3, -0.25) is 4.79 Å². The van der Waals surface area contributed by atoms with Crippen molar-refractivity contribution in [3.05, 3.63) is 24.3 Å². The molecule has 0 bridgehead atoms. The fourth-order valence-electron chi connectivity index (χ4n) is 7.94. The molecule has 1 heterocycles. The van der Waals surface area contributed by atoms with Gasteiger partial charge in [0.2, 0.25) is 5.91 Å². The highest BCUT2D eigenvalue weighted by molar-refractivity contribution is 5.80. The third-order valence-corrected chi connectivity index (χ3v) is 12.0. The molecule has 0 spiro atoms. The summed E-state index contributed by atoms with van der Waals surface area (Å²) in [4.78, 5) is 13.1. The molecule has 8 N–H and O–H groups in total. The molecule has 1 aliphatic heterocycles. The highest BCUT2D eigenvalue weighted by Crippen LogP contribution is 2.23. The molecule has 0 aromatic heterocycles. The van der Waals surface area contributed by atoms with E-state index in [0.717, 1.165) is 38.5 Å². The molecular formula is C49H93NO10. The van der Waals surface area contributed by atoms with Crippen molar-refractivity contribution < 1.29 is 50.0 Å². The van der Waals surface area contributed by atoms with Crippen molar-refractivity contribution in [2.24, 2.45) is 0 Å². The zero-order valence-electron chi connectivity index (χ0n) is 38.2. The molecule has 9 atom stereocenters. The summed E-state index contributed by atoms with van der Waals surface area (Å²) in [6, 6.07) is -1.19. The Kier molecular flexibility index (Phi) is 37.0. The second-order valence-corrected chi connectivity index (χ2v) is 17.5. The average molecular weight is 856 g/mol. The number of amides is 1. The molecule has 0 aliphatic carbocycles. The van der Waals surface area contributed by atoms with Crippen molar-refractivity contribution >= 4 is 5.91 Å². The summed E-state index contributed by atoms with van der Waals surface area (Å²) in [7, 11) is 0.